The fourth-order valence-electron chi connectivity index (χ4n) is 2.13. The van der Waals surface area contributed by atoms with Crippen LogP contribution in [0.5, 0.6) is 0 Å². The number of carbonyl (C=O) groups excluding carboxylic acids is 1. The third-order valence-electron chi connectivity index (χ3n) is 3.38. The molecule has 106 valence electrons. The van der Waals surface area contributed by atoms with Crippen LogP contribution in [0.4, 0.5) is 0 Å². The maximum absolute atomic E-state index is 12.5. The first-order valence-corrected chi connectivity index (χ1v) is 8.28. The molecule has 1 heterocycles. The molecule has 4 heteroatoms. The number of aryl methyl sites for hydroxylation is 1. The summed E-state index contributed by atoms with van der Waals surface area (Å²) in [7, 11) is 0. The van der Waals surface area contributed by atoms with Crippen molar-refractivity contribution in [1.82, 2.24) is 10.3 Å². The van der Waals surface area contributed by atoms with Gasteiger partial charge in [0.2, 0.25) is 0 Å². The molecule has 2 aromatic rings. The Morgan fingerprint density at radius 2 is 2.05 bits per heavy atom. The highest BCUT2D eigenvalue weighted by atomic mass is 127. The Balaban J connectivity index is 2.39. The third-order valence-corrected chi connectivity index (χ3v) is 4.33. The van der Waals surface area contributed by atoms with Crippen molar-refractivity contribution in [1.29, 1.82) is 0 Å². The molecule has 0 fully saturated rings. The fraction of sp³-hybridized carbons (Fsp3) is 0.375. The van der Waals surface area contributed by atoms with Gasteiger partial charge in [-0.15, -0.1) is 0 Å². The van der Waals surface area contributed by atoms with Gasteiger partial charge in [0.25, 0.3) is 5.91 Å². The van der Waals surface area contributed by atoms with Gasteiger partial charge in [-0.05, 0) is 25.0 Å². The summed E-state index contributed by atoms with van der Waals surface area (Å²) < 4.78 is 0.906. The summed E-state index contributed by atoms with van der Waals surface area (Å²) in [6, 6.07) is 9.83. The van der Waals surface area contributed by atoms with Crippen LogP contribution in [0.25, 0.3) is 10.9 Å². The fourth-order valence-corrected chi connectivity index (χ4v) is 3.36. The summed E-state index contributed by atoms with van der Waals surface area (Å²) in [5.41, 5.74) is 2.45. The van der Waals surface area contributed by atoms with E-state index in [4.69, 9.17) is 0 Å². The molecule has 0 bridgehead atoms. The molecule has 1 unspecified atom stereocenters. The van der Waals surface area contributed by atoms with Gasteiger partial charge >= 0.3 is 0 Å². The Kier molecular flexibility index (Phi) is 4.96. The normalized spacial score (nSPS) is 12.7. The summed E-state index contributed by atoms with van der Waals surface area (Å²) in [6.07, 6.45) is 0. The number of carbonyl (C=O) groups is 1. The minimum absolute atomic E-state index is 0.0120. The molecule has 0 saturated carbocycles. The van der Waals surface area contributed by atoms with Gasteiger partial charge in [-0.25, -0.2) is 0 Å². The lowest BCUT2D eigenvalue weighted by atomic mass is 10.0. The van der Waals surface area contributed by atoms with E-state index in [1.54, 1.807) is 0 Å². The van der Waals surface area contributed by atoms with Gasteiger partial charge in [-0.1, -0.05) is 54.6 Å². The summed E-state index contributed by atoms with van der Waals surface area (Å²) >= 11 is 2.32. The second kappa shape index (κ2) is 6.52. The first-order chi connectivity index (χ1) is 9.52. The van der Waals surface area contributed by atoms with Crippen molar-refractivity contribution in [3.8, 4) is 0 Å². The first-order valence-electron chi connectivity index (χ1n) is 6.76. The van der Waals surface area contributed by atoms with Crippen molar-refractivity contribution >= 4 is 39.4 Å². The van der Waals surface area contributed by atoms with Crippen LogP contribution in [0.15, 0.2) is 30.3 Å². The maximum atomic E-state index is 12.5. The van der Waals surface area contributed by atoms with Crippen molar-refractivity contribution in [3.05, 3.63) is 41.6 Å². The molecule has 0 spiro atoms. The lowest BCUT2D eigenvalue weighted by Crippen LogP contribution is -2.39. The van der Waals surface area contributed by atoms with E-state index < -0.39 is 0 Å². The Morgan fingerprint density at radius 3 is 2.70 bits per heavy atom. The summed E-state index contributed by atoms with van der Waals surface area (Å²) in [6.45, 7) is 6.17. The minimum atomic E-state index is -0.0120. The van der Waals surface area contributed by atoms with Crippen LogP contribution in [0.2, 0.25) is 0 Å². The van der Waals surface area contributed by atoms with Crippen LogP contribution in [-0.4, -0.2) is 21.4 Å². The number of alkyl halides is 1. The molecule has 1 aromatic heterocycles. The molecular weight excluding hydrogens is 363 g/mol. The molecule has 0 saturated heterocycles. The highest BCUT2D eigenvalue weighted by molar-refractivity contribution is 14.1. The van der Waals surface area contributed by atoms with Crippen LogP contribution in [-0.2, 0) is 0 Å². The molecule has 3 nitrogen and oxygen atoms in total. The largest absolute Gasteiger partial charge is 0.348 e. The summed E-state index contributed by atoms with van der Waals surface area (Å²) in [5, 5.41) is 4.04. The molecule has 1 amide bonds. The smallest absolute Gasteiger partial charge is 0.252 e. The molecule has 0 aliphatic heterocycles. The lowest BCUT2D eigenvalue weighted by Gasteiger charge is -2.20. The van der Waals surface area contributed by atoms with Gasteiger partial charge in [0, 0.05) is 21.5 Å². The molecular formula is C16H19IN2O. The predicted octanol–water partition coefficient (Wildman–Crippen LogP) is 3.73. The van der Waals surface area contributed by atoms with E-state index in [9.17, 15) is 4.79 Å². The number of hydrogen-bond acceptors (Lipinski definition) is 2. The predicted molar refractivity (Wildman–Crippen MR) is 91.5 cm³/mol. The van der Waals surface area contributed by atoms with Crippen molar-refractivity contribution in [3.63, 3.8) is 0 Å². The van der Waals surface area contributed by atoms with Crippen LogP contribution in [0.3, 0.4) is 0 Å². The third kappa shape index (κ3) is 3.29. The average Bonchev–Trinajstić information content (AvgIpc) is 2.43. The Bertz CT molecular complexity index is 625. The SMILES string of the molecule is Cc1cc(C(=O)NC(CI)C(C)C)c2ccccc2n1. The number of hydrogen-bond donors (Lipinski definition) is 1. The number of fused-ring (bicyclic) bond motifs is 1. The summed E-state index contributed by atoms with van der Waals surface area (Å²) in [4.78, 5) is 17.0. The zero-order valence-corrected chi connectivity index (χ0v) is 14.1. The number of para-hydroxylation sites is 1. The number of nitrogens with one attached hydrogen (secondary N) is 1. The number of aromatic nitrogens is 1. The number of rotatable bonds is 4. The minimum Gasteiger partial charge on any atom is -0.348 e. The Morgan fingerprint density at radius 1 is 1.35 bits per heavy atom. The highest BCUT2D eigenvalue weighted by Gasteiger charge is 2.18. The number of pyridine rings is 1. The first kappa shape index (κ1) is 15.2. The molecule has 20 heavy (non-hydrogen) atoms. The molecule has 0 aliphatic carbocycles. The van der Waals surface area contributed by atoms with E-state index in [0.29, 0.717) is 11.5 Å². The zero-order chi connectivity index (χ0) is 14.7. The van der Waals surface area contributed by atoms with Crippen LogP contribution < -0.4 is 5.32 Å². The lowest BCUT2D eigenvalue weighted by molar-refractivity contribution is 0.0933. The van der Waals surface area contributed by atoms with Gasteiger partial charge in [-0.3, -0.25) is 9.78 Å². The summed E-state index contributed by atoms with van der Waals surface area (Å²) in [5.74, 6) is 0.409. The maximum Gasteiger partial charge on any atom is 0.252 e. The van der Waals surface area contributed by atoms with Gasteiger partial charge in [-0.2, -0.15) is 0 Å². The van der Waals surface area contributed by atoms with E-state index in [-0.39, 0.29) is 11.9 Å². The topological polar surface area (TPSA) is 42.0 Å². The molecule has 0 radical (unpaired) electrons. The standard InChI is InChI=1S/C16H19IN2O/c1-10(2)15(9-17)19-16(20)13-8-11(3)18-14-7-5-4-6-12(13)14/h4-8,10,15H,9H2,1-3H3,(H,19,20). The monoisotopic (exact) mass is 382 g/mol. The highest BCUT2D eigenvalue weighted by Crippen LogP contribution is 2.18. The van der Waals surface area contributed by atoms with E-state index in [2.05, 4.69) is 46.7 Å². The van der Waals surface area contributed by atoms with Crippen molar-refractivity contribution in [2.75, 3.05) is 4.43 Å². The Labute approximate surface area is 133 Å². The molecule has 1 aromatic carbocycles. The van der Waals surface area contributed by atoms with Gasteiger partial charge in [0.05, 0.1) is 11.1 Å². The zero-order valence-electron chi connectivity index (χ0n) is 12.0. The molecule has 2 rings (SSSR count). The Hall–Kier alpha value is -1.17. The molecule has 1 N–H and O–H groups in total. The number of nitrogens with zero attached hydrogens (tertiary/aromatic N) is 1. The van der Waals surface area contributed by atoms with Gasteiger partial charge in [0.1, 0.15) is 0 Å². The van der Waals surface area contributed by atoms with E-state index in [1.165, 1.54) is 0 Å². The second-order valence-electron chi connectivity index (χ2n) is 5.31. The van der Waals surface area contributed by atoms with Crippen LogP contribution >= 0.6 is 22.6 Å². The van der Waals surface area contributed by atoms with E-state index in [0.717, 1.165) is 21.0 Å². The van der Waals surface area contributed by atoms with Gasteiger partial charge in [0.15, 0.2) is 0 Å². The van der Waals surface area contributed by atoms with Crippen molar-refractivity contribution in [2.24, 2.45) is 5.92 Å². The number of benzene rings is 1. The quantitative estimate of drug-likeness (QED) is 0.647. The van der Waals surface area contributed by atoms with Crippen molar-refractivity contribution < 1.29 is 4.79 Å². The molecule has 1 atom stereocenters. The number of amides is 1. The average molecular weight is 382 g/mol. The van der Waals surface area contributed by atoms with Gasteiger partial charge < -0.3 is 5.32 Å². The van der Waals surface area contributed by atoms with Crippen molar-refractivity contribution in [2.45, 2.75) is 26.8 Å². The van der Waals surface area contributed by atoms with E-state index >= 15 is 0 Å². The van der Waals surface area contributed by atoms with Crippen LogP contribution in [0.1, 0.15) is 29.9 Å². The molecule has 0 aliphatic rings. The number of halogens is 1. The van der Waals surface area contributed by atoms with Crippen LogP contribution in [0, 0.1) is 12.8 Å². The second-order valence-corrected chi connectivity index (χ2v) is 6.19. The van der Waals surface area contributed by atoms with E-state index in [1.807, 2.05) is 37.3 Å².